The van der Waals surface area contributed by atoms with E-state index in [9.17, 15) is 27.6 Å². The summed E-state index contributed by atoms with van der Waals surface area (Å²) < 4.78 is 44.8. The summed E-state index contributed by atoms with van der Waals surface area (Å²) in [5.74, 6) is -1.77. The third kappa shape index (κ3) is 9.66. The van der Waals surface area contributed by atoms with Crippen LogP contribution >= 0.6 is 0 Å². The van der Waals surface area contributed by atoms with E-state index in [4.69, 9.17) is 21.9 Å². The molecule has 0 aliphatic carbocycles. The number of halogens is 3. The SMILES string of the molecule is COCc1cccc(-c2cncc3ccc(C(N)=O)nc23)c1.Cn1nccc1-c1cncc2ccc(C(N)=O)nc12.NC(=O)c1ccc2cncc(-c3ccc(C(F)(F)F)cc3)c2n1. The van der Waals surface area contributed by atoms with Gasteiger partial charge in [-0.3, -0.25) is 34.0 Å². The molecule has 3 amide bonds. The number of nitrogens with two attached hydrogens (primary N) is 3. The van der Waals surface area contributed by atoms with Crippen LogP contribution < -0.4 is 17.2 Å². The number of amides is 3. The number of carbonyl (C=O) groups is 3. The first-order chi connectivity index (χ1) is 30.7. The fraction of sp³-hybridized carbons (Fsp3) is 0.0870. The van der Waals surface area contributed by atoms with Gasteiger partial charge < -0.3 is 21.9 Å². The average Bonchev–Trinajstić information content (AvgIpc) is 3.73. The first kappa shape index (κ1) is 43.6. The minimum Gasteiger partial charge on any atom is -0.380 e. The van der Waals surface area contributed by atoms with Gasteiger partial charge in [-0.25, -0.2) is 15.0 Å². The summed E-state index contributed by atoms with van der Waals surface area (Å²) in [6, 6.07) is 24.4. The molecule has 0 spiro atoms. The minimum absolute atomic E-state index is 0.0804. The van der Waals surface area contributed by atoms with Gasteiger partial charge in [-0.05, 0) is 77.4 Å². The average molecular weight is 864 g/mol. The highest BCUT2D eigenvalue weighted by Crippen LogP contribution is 2.33. The monoisotopic (exact) mass is 863 g/mol. The van der Waals surface area contributed by atoms with Gasteiger partial charge in [-0.15, -0.1) is 0 Å². The Hall–Kier alpha value is -8.51. The normalized spacial score (nSPS) is 11.1. The predicted molar refractivity (Wildman–Crippen MR) is 233 cm³/mol. The standard InChI is InChI=1S/C17H15N3O2.C16H10F3N3O.C13H11N5O/c1-22-10-11-3-2-4-12(7-11)14-9-19-8-13-5-6-15(17(18)21)20-16(13)14;17-16(18,19)11-4-1-9(2-5-11)12-8-21-7-10-3-6-13(15(20)23)22-14(10)12;1-18-11(4-5-16-18)9-7-15-6-8-2-3-10(13(14)19)17-12(8)9/h2-9H,10H2,1H3,(H2,18,21);1-8H,(H2,20,23);2-7H,1H3,(H2,14,19). The molecular weight excluding hydrogens is 828 g/mol. The maximum atomic E-state index is 12.6. The van der Waals surface area contributed by atoms with Crippen LogP contribution in [0.1, 0.15) is 42.6 Å². The van der Waals surface area contributed by atoms with Crippen LogP contribution in [-0.4, -0.2) is 64.5 Å². The highest BCUT2D eigenvalue weighted by atomic mass is 19.4. The smallest absolute Gasteiger partial charge is 0.380 e. The molecule has 0 saturated heterocycles. The molecule has 7 aromatic heterocycles. The first-order valence-corrected chi connectivity index (χ1v) is 19.1. The second-order valence-corrected chi connectivity index (χ2v) is 14.0. The molecule has 15 nitrogen and oxygen atoms in total. The predicted octanol–water partition coefficient (Wildman–Crippen LogP) is 7.09. The molecule has 2 aromatic carbocycles. The molecule has 0 atom stereocenters. The van der Waals surface area contributed by atoms with Crippen molar-refractivity contribution in [2.24, 2.45) is 24.2 Å². The highest BCUT2D eigenvalue weighted by molar-refractivity contribution is 6.00. The van der Waals surface area contributed by atoms with Crippen molar-refractivity contribution in [3.8, 4) is 33.5 Å². The number of hydrogen-bond acceptors (Lipinski definition) is 11. The van der Waals surface area contributed by atoms with E-state index in [1.807, 2.05) is 37.4 Å². The van der Waals surface area contributed by atoms with Crippen molar-refractivity contribution in [3.05, 3.63) is 163 Å². The molecule has 18 heteroatoms. The number of aryl methyl sites for hydroxylation is 1. The van der Waals surface area contributed by atoms with Crippen molar-refractivity contribution in [2.75, 3.05) is 7.11 Å². The Morgan fingerprint density at radius 2 is 1.06 bits per heavy atom. The fourth-order valence-electron chi connectivity index (χ4n) is 6.62. The topological polar surface area (TPSA) is 234 Å². The number of primary amides is 3. The zero-order valence-corrected chi connectivity index (χ0v) is 34.0. The first-order valence-electron chi connectivity index (χ1n) is 19.1. The number of benzene rings is 2. The molecule has 0 saturated carbocycles. The Balaban J connectivity index is 0.000000144. The van der Waals surface area contributed by atoms with Crippen LogP contribution in [0.15, 0.2) is 134 Å². The largest absolute Gasteiger partial charge is 0.416 e. The number of rotatable bonds is 8. The van der Waals surface area contributed by atoms with Gasteiger partial charge in [-0.1, -0.05) is 30.3 Å². The van der Waals surface area contributed by atoms with E-state index >= 15 is 0 Å². The summed E-state index contributed by atoms with van der Waals surface area (Å²) in [6.07, 6.45) is 7.22. The van der Waals surface area contributed by atoms with Gasteiger partial charge in [0.2, 0.25) is 0 Å². The third-order valence-electron chi connectivity index (χ3n) is 9.72. The Kier molecular flexibility index (Phi) is 12.7. The number of aromatic nitrogens is 8. The molecule has 0 radical (unpaired) electrons. The Bertz CT molecular complexity index is 3190. The fourth-order valence-corrected chi connectivity index (χ4v) is 6.62. The highest BCUT2D eigenvalue weighted by Gasteiger charge is 2.30. The quantitative estimate of drug-likeness (QED) is 0.140. The van der Waals surface area contributed by atoms with Gasteiger partial charge >= 0.3 is 6.18 Å². The maximum absolute atomic E-state index is 12.6. The van der Waals surface area contributed by atoms with E-state index in [0.29, 0.717) is 39.7 Å². The number of fused-ring (bicyclic) bond motifs is 3. The number of carbonyl (C=O) groups excluding carboxylic acids is 3. The molecule has 0 unspecified atom stereocenters. The van der Waals surface area contributed by atoms with Gasteiger partial charge in [0.25, 0.3) is 17.7 Å². The lowest BCUT2D eigenvalue weighted by Gasteiger charge is -2.09. The molecule has 7 heterocycles. The van der Waals surface area contributed by atoms with E-state index in [2.05, 4.69) is 35.0 Å². The lowest BCUT2D eigenvalue weighted by atomic mass is 10.0. The second-order valence-electron chi connectivity index (χ2n) is 14.0. The summed E-state index contributed by atoms with van der Waals surface area (Å²) >= 11 is 0. The molecule has 0 fully saturated rings. The number of nitrogens with zero attached hydrogens (tertiary/aromatic N) is 8. The molecule has 0 aliphatic heterocycles. The van der Waals surface area contributed by atoms with Crippen LogP contribution in [0.5, 0.6) is 0 Å². The van der Waals surface area contributed by atoms with Gasteiger partial charge in [0.1, 0.15) is 17.1 Å². The molecule has 64 heavy (non-hydrogen) atoms. The van der Waals surface area contributed by atoms with Crippen LogP contribution in [0.25, 0.3) is 66.2 Å². The van der Waals surface area contributed by atoms with Crippen molar-refractivity contribution >= 4 is 50.4 Å². The van der Waals surface area contributed by atoms with E-state index in [-0.39, 0.29) is 17.1 Å². The summed E-state index contributed by atoms with van der Waals surface area (Å²) in [6.45, 7) is 0.534. The van der Waals surface area contributed by atoms with Crippen molar-refractivity contribution < 1.29 is 32.3 Å². The number of ether oxygens (including phenoxy) is 1. The molecule has 0 bridgehead atoms. The summed E-state index contributed by atoms with van der Waals surface area (Å²) in [5, 5.41) is 6.50. The zero-order chi connectivity index (χ0) is 45.5. The molecular formula is C46H36F3N11O4. The van der Waals surface area contributed by atoms with Gasteiger partial charge in [0, 0.05) is 90.4 Å². The van der Waals surface area contributed by atoms with Gasteiger partial charge in [0.05, 0.1) is 34.4 Å². The van der Waals surface area contributed by atoms with Crippen LogP contribution in [0.2, 0.25) is 0 Å². The number of hydrogen-bond donors (Lipinski definition) is 3. The van der Waals surface area contributed by atoms with Gasteiger partial charge in [-0.2, -0.15) is 18.3 Å². The minimum atomic E-state index is -4.40. The summed E-state index contributed by atoms with van der Waals surface area (Å²) in [7, 11) is 3.50. The van der Waals surface area contributed by atoms with Crippen LogP contribution in [-0.2, 0) is 24.6 Å². The number of pyridine rings is 6. The maximum Gasteiger partial charge on any atom is 0.416 e. The molecule has 9 aromatic rings. The van der Waals surface area contributed by atoms with E-state index in [1.54, 1.807) is 79.3 Å². The molecule has 6 N–H and O–H groups in total. The number of alkyl halides is 3. The molecule has 9 rings (SSSR count). The lowest BCUT2D eigenvalue weighted by molar-refractivity contribution is -0.137. The molecule has 320 valence electrons. The number of methoxy groups -OCH3 is 1. The van der Waals surface area contributed by atoms with Crippen molar-refractivity contribution in [1.29, 1.82) is 0 Å². The Morgan fingerprint density at radius 1 is 0.594 bits per heavy atom. The van der Waals surface area contributed by atoms with Crippen LogP contribution in [0.4, 0.5) is 13.2 Å². The summed E-state index contributed by atoms with van der Waals surface area (Å²) in [4.78, 5) is 59.2. The van der Waals surface area contributed by atoms with Crippen LogP contribution in [0.3, 0.4) is 0 Å². The van der Waals surface area contributed by atoms with Crippen molar-refractivity contribution in [3.63, 3.8) is 0 Å². The van der Waals surface area contributed by atoms with Gasteiger partial charge in [0.15, 0.2) is 0 Å². The lowest BCUT2D eigenvalue weighted by Crippen LogP contribution is -2.13. The van der Waals surface area contributed by atoms with E-state index in [1.165, 1.54) is 24.4 Å². The molecule has 0 aliphatic rings. The van der Waals surface area contributed by atoms with E-state index < -0.39 is 29.5 Å². The van der Waals surface area contributed by atoms with E-state index in [0.717, 1.165) is 50.9 Å². The Morgan fingerprint density at radius 3 is 1.50 bits per heavy atom. The third-order valence-corrected chi connectivity index (χ3v) is 9.72. The van der Waals surface area contributed by atoms with Crippen molar-refractivity contribution in [2.45, 2.75) is 12.8 Å². The van der Waals surface area contributed by atoms with Crippen molar-refractivity contribution in [1.82, 2.24) is 39.7 Å². The zero-order valence-electron chi connectivity index (χ0n) is 34.0. The van der Waals surface area contributed by atoms with Crippen LogP contribution in [0, 0.1) is 0 Å². The Labute approximate surface area is 361 Å². The summed E-state index contributed by atoms with van der Waals surface area (Å²) in [5.41, 5.74) is 23.1. The second kappa shape index (κ2) is 18.6.